The highest BCUT2D eigenvalue weighted by Gasteiger charge is 2.38. The van der Waals surface area contributed by atoms with Crippen molar-refractivity contribution < 1.29 is 13.5 Å². The van der Waals surface area contributed by atoms with Gasteiger partial charge in [-0.15, -0.1) is 0 Å². The van der Waals surface area contributed by atoms with Crippen LogP contribution in [0.5, 0.6) is 5.75 Å². The Morgan fingerprint density at radius 1 is 1.41 bits per heavy atom. The first-order chi connectivity index (χ1) is 10.3. The average Bonchev–Trinajstić information content (AvgIpc) is 2.60. The molecule has 1 fully saturated rings. The molecule has 1 aromatic heterocycles. The lowest BCUT2D eigenvalue weighted by Gasteiger charge is -2.21. The number of methoxy groups -OCH3 is 1. The normalized spacial score (nSPS) is 22.6. The van der Waals surface area contributed by atoms with Gasteiger partial charge in [0.2, 0.25) is 0 Å². The highest BCUT2D eigenvalue weighted by Crippen LogP contribution is 2.34. The summed E-state index contributed by atoms with van der Waals surface area (Å²) in [5.41, 5.74) is 2.03. The van der Waals surface area contributed by atoms with Crippen molar-refractivity contribution in [2.24, 2.45) is 5.92 Å². The Labute approximate surface area is 131 Å². The van der Waals surface area contributed by atoms with Crippen molar-refractivity contribution in [1.82, 2.24) is 9.88 Å². The molecule has 2 rings (SSSR count). The summed E-state index contributed by atoms with van der Waals surface area (Å²) in [6.07, 6.45) is 2.20. The van der Waals surface area contributed by atoms with Gasteiger partial charge in [0.1, 0.15) is 5.75 Å². The van der Waals surface area contributed by atoms with E-state index >= 15 is 0 Å². The molecule has 1 aliphatic heterocycles. The molecule has 1 unspecified atom stereocenters. The maximum Gasteiger partial charge on any atom is 0.251 e. The Bertz CT molecular complexity index is 505. The van der Waals surface area contributed by atoms with E-state index in [1.54, 1.807) is 20.2 Å². The van der Waals surface area contributed by atoms with Crippen molar-refractivity contribution in [2.45, 2.75) is 52.0 Å². The monoisotopic (exact) mass is 312 g/mol. The second-order valence-electron chi connectivity index (χ2n) is 6.55. The zero-order valence-corrected chi connectivity index (χ0v) is 13.9. The van der Waals surface area contributed by atoms with Crippen molar-refractivity contribution >= 4 is 0 Å². The van der Waals surface area contributed by atoms with Crippen LogP contribution in [-0.4, -0.2) is 36.0 Å². The minimum Gasteiger partial charge on any atom is -0.495 e. The van der Waals surface area contributed by atoms with Gasteiger partial charge < -0.3 is 4.74 Å². The van der Waals surface area contributed by atoms with Crippen LogP contribution in [0.15, 0.2) is 12.3 Å². The minimum atomic E-state index is -2.55. The molecule has 1 atom stereocenters. The lowest BCUT2D eigenvalue weighted by molar-refractivity contribution is -0.0546. The molecule has 0 N–H and O–H groups in total. The second-order valence-corrected chi connectivity index (χ2v) is 6.55. The van der Waals surface area contributed by atoms with Crippen LogP contribution in [0.3, 0.4) is 0 Å². The van der Waals surface area contributed by atoms with Gasteiger partial charge in [-0.3, -0.25) is 9.88 Å². The quantitative estimate of drug-likeness (QED) is 0.837. The van der Waals surface area contributed by atoms with E-state index < -0.39 is 11.8 Å². The summed E-state index contributed by atoms with van der Waals surface area (Å²) in [6.45, 7) is 7.59. The summed E-state index contributed by atoms with van der Waals surface area (Å²) in [6, 6.07) is 2.04. The van der Waals surface area contributed by atoms with Gasteiger partial charge >= 0.3 is 0 Å². The van der Waals surface area contributed by atoms with Crippen molar-refractivity contribution in [3.63, 3.8) is 0 Å². The fourth-order valence-corrected chi connectivity index (χ4v) is 2.85. The van der Waals surface area contributed by atoms with Gasteiger partial charge in [-0.1, -0.05) is 20.8 Å². The number of alkyl halides is 2. The third-order valence-electron chi connectivity index (χ3n) is 4.54. The molecule has 22 heavy (non-hydrogen) atoms. The number of pyridine rings is 1. The molecule has 0 amide bonds. The Morgan fingerprint density at radius 2 is 2.14 bits per heavy atom. The Morgan fingerprint density at radius 3 is 2.77 bits per heavy atom. The van der Waals surface area contributed by atoms with Crippen LogP contribution in [0.2, 0.25) is 0 Å². The van der Waals surface area contributed by atoms with E-state index in [1.165, 1.54) is 0 Å². The van der Waals surface area contributed by atoms with Crippen LogP contribution in [0.4, 0.5) is 8.78 Å². The fraction of sp³-hybridized carbons (Fsp3) is 0.706. The molecule has 1 aromatic rings. The predicted molar refractivity (Wildman–Crippen MR) is 83.5 cm³/mol. The number of nitrogens with zero attached hydrogens (tertiary/aromatic N) is 2. The zero-order chi connectivity index (χ0) is 16.3. The molecule has 2 heterocycles. The molecular formula is C17H26F2N2O. The number of hydrogen-bond donors (Lipinski definition) is 0. The molecule has 0 aromatic carbocycles. The molecule has 1 saturated heterocycles. The molecule has 3 nitrogen and oxygen atoms in total. The first kappa shape index (κ1) is 17.1. The number of likely N-dealkylation sites (tertiary alicyclic amines) is 1. The van der Waals surface area contributed by atoms with Crippen molar-refractivity contribution in [2.75, 3.05) is 20.2 Å². The molecule has 0 bridgehead atoms. The lowest BCUT2D eigenvalue weighted by Crippen LogP contribution is -2.27. The molecule has 0 aliphatic carbocycles. The van der Waals surface area contributed by atoms with Crippen molar-refractivity contribution in [1.29, 1.82) is 0 Å². The van der Waals surface area contributed by atoms with E-state index in [9.17, 15) is 8.78 Å². The van der Waals surface area contributed by atoms with Crippen LogP contribution in [0, 0.1) is 5.92 Å². The number of hydrogen-bond acceptors (Lipinski definition) is 3. The Hall–Kier alpha value is -1.23. The lowest BCUT2D eigenvalue weighted by atomic mass is 9.99. The standard InChI is InChI=1S/C17H26F2N2O/c1-12(2)15-9-14(20-10-16(15)22-4)11-21-7-5-13(3)17(18,19)6-8-21/h9-10,12-13H,5-8,11H2,1-4H3. The maximum absolute atomic E-state index is 13.8. The third-order valence-corrected chi connectivity index (χ3v) is 4.54. The number of halogens is 2. The van der Waals surface area contributed by atoms with E-state index in [4.69, 9.17) is 4.74 Å². The highest BCUT2D eigenvalue weighted by molar-refractivity contribution is 5.35. The summed E-state index contributed by atoms with van der Waals surface area (Å²) in [5, 5.41) is 0. The largest absolute Gasteiger partial charge is 0.495 e. The molecule has 0 saturated carbocycles. The molecule has 5 heteroatoms. The van der Waals surface area contributed by atoms with E-state index in [0.717, 1.165) is 17.0 Å². The van der Waals surface area contributed by atoms with Crippen molar-refractivity contribution in [3.05, 3.63) is 23.5 Å². The van der Waals surface area contributed by atoms with E-state index in [0.29, 0.717) is 32.0 Å². The van der Waals surface area contributed by atoms with Crippen LogP contribution < -0.4 is 4.74 Å². The first-order valence-corrected chi connectivity index (χ1v) is 7.96. The van der Waals surface area contributed by atoms with Crippen molar-refractivity contribution in [3.8, 4) is 5.75 Å². The number of rotatable bonds is 4. The topological polar surface area (TPSA) is 25.4 Å². The van der Waals surface area contributed by atoms with Crippen LogP contribution in [0.25, 0.3) is 0 Å². The summed E-state index contributed by atoms with van der Waals surface area (Å²) in [5.74, 6) is -1.97. The van der Waals surface area contributed by atoms with Gasteiger partial charge in [0.05, 0.1) is 19.0 Å². The summed E-state index contributed by atoms with van der Waals surface area (Å²) in [7, 11) is 1.64. The smallest absolute Gasteiger partial charge is 0.251 e. The van der Waals surface area contributed by atoms with Gasteiger partial charge in [0.15, 0.2) is 0 Å². The summed E-state index contributed by atoms with van der Waals surface area (Å²) >= 11 is 0. The fourth-order valence-electron chi connectivity index (χ4n) is 2.85. The first-order valence-electron chi connectivity index (χ1n) is 7.96. The molecule has 0 radical (unpaired) electrons. The van der Waals surface area contributed by atoms with Gasteiger partial charge in [0, 0.05) is 31.0 Å². The van der Waals surface area contributed by atoms with Crippen LogP contribution >= 0.6 is 0 Å². The Balaban J connectivity index is 2.09. The zero-order valence-electron chi connectivity index (χ0n) is 13.9. The van der Waals surface area contributed by atoms with Crippen LogP contribution in [0.1, 0.15) is 50.8 Å². The molecule has 1 aliphatic rings. The summed E-state index contributed by atoms with van der Waals surface area (Å²) < 4.78 is 32.9. The maximum atomic E-state index is 13.8. The van der Waals surface area contributed by atoms with Gasteiger partial charge in [-0.25, -0.2) is 8.78 Å². The third kappa shape index (κ3) is 3.94. The molecule has 124 valence electrons. The minimum absolute atomic E-state index is 0.0681. The van der Waals surface area contributed by atoms with E-state index in [2.05, 4.69) is 23.7 Å². The van der Waals surface area contributed by atoms with E-state index in [1.807, 2.05) is 6.07 Å². The average molecular weight is 312 g/mol. The molecular weight excluding hydrogens is 286 g/mol. The number of aromatic nitrogens is 1. The van der Waals surface area contributed by atoms with E-state index in [-0.39, 0.29) is 6.42 Å². The molecule has 0 spiro atoms. The predicted octanol–water partition coefficient (Wildman–Crippen LogP) is 4.08. The SMILES string of the molecule is COc1cnc(CN2CCC(C)C(F)(F)CC2)cc1C(C)C. The summed E-state index contributed by atoms with van der Waals surface area (Å²) in [4.78, 5) is 6.50. The van der Waals surface area contributed by atoms with Crippen LogP contribution in [-0.2, 0) is 6.54 Å². The Kier molecular flexibility index (Phi) is 5.37. The van der Waals surface area contributed by atoms with Gasteiger partial charge in [0.25, 0.3) is 5.92 Å². The second kappa shape index (κ2) is 6.90. The number of ether oxygens (including phenoxy) is 1. The highest BCUT2D eigenvalue weighted by atomic mass is 19.3. The van der Waals surface area contributed by atoms with Gasteiger partial charge in [-0.2, -0.15) is 0 Å². The van der Waals surface area contributed by atoms with Gasteiger partial charge in [-0.05, 0) is 24.9 Å².